The van der Waals surface area contributed by atoms with Gasteiger partial charge < -0.3 is 20.7 Å². The van der Waals surface area contributed by atoms with E-state index in [9.17, 15) is 9.59 Å². The Balaban J connectivity index is 1.38. The first-order valence-electron chi connectivity index (χ1n) is 8.96. The van der Waals surface area contributed by atoms with Crippen LogP contribution in [-0.4, -0.2) is 47.1 Å². The highest BCUT2D eigenvalue weighted by Gasteiger charge is 2.34. The van der Waals surface area contributed by atoms with Crippen LogP contribution >= 0.6 is 11.3 Å². The Morgan fingerprint density at radius 2 is 2.15 bits per heavy atom. The van der Waals surface area contributed by atoms with E-state index in [0.29, 0.717) is 13.0 Å². The summed E-state index contributed by atoms with van der Waals surface area (Å²) in [5.41, 5.74) is 6.25. The number of aromatic nitrogens is 1. The zero-order chi connectivity index (χ0) is 18.1. The van der Waals surface area contributed by atoms with E-state index in [2.05, 4.69) is 11.4 Å². The van der Waals surface area contributed by atoms with Gasteiger partial charge in [-0.3, -0.25) is 4.79 Å². The van der Waals surface area contributed by atoms with Crippen molar-refractivity contribution in [2.45, 2.75) is 43.9 Å². The number of urea groups is 1. The Labute approximate surface area is 155 Å². The summed E-state index contributed by atoms with van der Waals surface area (Å²) in [6.45, 7) is 1.12. The number of nitrogens with two attached hydrogens (primary N) is 1. The smallest absolute Gasteiger partial charge is 0.318 e. The van der Waals surface area contributed by atoms with Gasteiger partial charge in [-0.15, -0.1) is 11.3 Å². The van der Waals surface area contributed by atoms with E-state index in [-0.39, 0.29) is 18.2 Å². The molecule has 3 unspecified atom stereocenters. The second kappa shape index (κ2) is 7.20. The summed E-state index contributed by atoms with van der Waals surface area (Å²) in [6, 6.07) is 7.97. The van der Waals surface area contributed by atoms with E-state index in [0.717, 1.165) is 41.0 Å². The lowest BCUT2D eigenvalue weighted by Gasteiger charge is -2.24. The van der Waals surface area contributed by atoms with Crippen LogP contribution in [0.3, 0.4) is 0 Å². The summed E-state index contributed by atoms with van der Waals surface area (Å²) >= 11 is 1.65. The van der Waals surface area contributed by atoms with Crippen LogP contribution in [0.4, 0.5) is 4.79 Å². The highest BCUT2D eigenvalue weighted by Crippen LogP contribution is 2.36. The molecule has 0 bridgehead atoms. The van der Waals surface area contributed by atoms with Gasteiger partial charge in [-0.1, -0.05) is 12.1 Å². The lowest BCUT2D eigenvalue weighted by atomic mass is 10.2. The minimum Gasteiger partial charge on any atom is -0.367 e. The fraction of sp³-hybridized carbons (Fsp3) is 0.500. The molecule has 0 radical (unpaired) electrons. The van der Waals surface area contributed by atoms with Gasteiger partial charge in [0.1, 0.15) is 11.1 Å². The van der Waals surface area contributed by atoms with Crippen molar-refractivity contribution < 1.29 is 14.3 Å². The van der Waals surface area contributed by atoms with Crippen LogP contribution in [0, 0.1) is 0 Å². The van der Waals surface area contributed by atoms with Crippen molar-refractivity contribution in [2.24, 2.45) is 5.73 Å². The third-order valence-corrected chi connectivity index (χ3v) is 6.15. The van der Waals surface area contributed by atoms with Gasteiger partial charge >= 0.3 is 6.03 Å². The number of nitrogens with zero attached hydrogens (tertiary/aromatic N) is 2. The molecule has 0 aliphatic carbocycles. The Kier molecular flexibility index (Phi) is 4.78. The normalized spacial score (nSPS) is 25.7. The summed E-state index contributed by atoms with van der Waals surface area (Å²) < 4.78 is 6.71. The van der Waals surface area contributed by atoms with Crippen molar-refractivity contribution in [3.05, 3.63) is 29.3 Å². The first-order chi connectivity index (χ1) is 12.6. The second-order valence-electron chi connectivity index (χ2n) is 6.78. The third-order valence-electron chi connectivity index (χ3n) is 5.01. The molecule has 2 aliphatic rings. The summed E-state index contributed by atoms with van der Waals surface area (Å²) in [5, 5.41) is 3.94. The molecule has 1 aromatic heterocycles. The maximum Gasteiger partial charge on any atom is 0.318 e. The number of likely N-dealkylation sites (tertiary alicyclic amines) is 1. The number of fused-ring (bicyclic) bond motifs is 1. The van der Waals surface area contributed by atoms with E-state index in [4.69, 9.17) is 15.5 Å². The number of carbonyl (C=O) groups excluding carboxylic acids is 2. The fourth-order valence-corrected chi connectivity index (χ4v) is 4.78. The Morgan fingerprint density at radius 1 is 1.31 bits per heavy atom. The number of rotatable bonds is 4. The van der Waals surface area contributed by atoms with Crippen LogP contribution < -0.4 is 11.1 Å². The van der Waals surface area contributed by atoms with Crippen molar-refractivity contribution in [1.29, 1.82) is 0 Å². The summed E-state index contributed by atoms with van der Waals surface area (Å²) in [6.07, 6.45) is 2.57. The first kappa shape index (κ1) is 17.2. The molecule has 3 N–H and O–H groups in total. The second-order valence-corrected chi connectivity index (χ2v) is 7.85. The van der Waals surface area contributed by atoms with Crippen LogP contribution in [0.1, 0.15) is 36.7 Å². The maximum absolute atomic E-state index is 12.7. The summed E-state index contributed by atoms with van der Waals surface area (Å²) in [4.78, 5) is 30.4. The zero-order valence-electron chi connectivity index (χ0n) is 14.4. The average Bonchev–Trinajstić information content (AvgIpc) is 3.37. The molecule has 3 heterocycles. The lowest BCUT2D eigenvalue weighted by molar-refractivity contribution is -0.128. The molecule has 3 amide bonds. The molecular weight excluding hydrogens is 352 g/mol. The monoisotopic (exact) mass is 374 g/mol. The van der Waals surface area contributed by atoms with Gasteiger partial charge in [0, 0.05) is 13.1 Å². The van der Waals surface area contributed by atoms with E-state index >= 15 is 0 Å². The number of amides is 3. The van der Waals surface area contributed by atoms with Gasteiger partial charge in [-0.05, 0) is 37.8 Å². The SMILES string of the molecule is NC(=O)C1CCC(CNC(=O)N2CCCC2c2nc3ccccc3s2)O1. The molecule has 2 saturated heterocycles. The van der Waals surface area contributed by atoms with Gasteiger partial charge in [-0.2, -0.15) is 0 Å². The molecule has 2 fully saturated rings. The van der Waals surface area contributed by atoms with E-state index < -0.39 is 12.0 Å². The van der Waals surface area contributed by atoms with Crippen molar-refractivity contribution in [3.8, 4) is 0 Å². The Bertz CT molecular complexity index is 791. The molecule has 0 saturated carbocycles. The highest BCUT2D eigenvalue weighted by molar-refractivity contribution is 7.18. The van der Waals surface area contributed by atoms with Gasteiger partial charge in [0.25, 0.3) is 0 Å². The molecule has 7 nitrogen and oxygen atoms in total. The van der Waals surface area contributed by atoms with Crippen LogP contribution in [-0.2, 0) is 9.53 Å². The van der Waals surface area contributed by atoms with Crippen LogP contribution in [0.2, 0.25) is 0 Å². The number of nitrogens with one attached hydrogen (secondary N) is 1. The number of carbonyl (C=O) groups is 2. The quantitative estimate of drug-likeness (QED) is 0.857. The lowest BCUT2D eigenvalue weighted by Crippen LogP contribution is -2.42. The molecule has 26 heavy (non-hydrogen) atoms. The molecule has 4 rings (SSSR count). The molecule has 8 heteroatoms. The number of primary amides is 1. The predicted octanol–water partition coefficient (Wildman–Crippen LogP) is 2.18. The highest BCUT2D eigenvalue weighted by atomic mass is 32.1. The molecule has 2 aliphatic heterocycles. The zero-order valence-corrected chi connectivity index (χ0v) is 15.2. The number of hydrogen-bond donors (Lipinski definition) is 2. The minimum absolute atomic E-state index is 0.0234. The Morgan fingerprint density at radius 3 is 2.92 bits per heavy atom. The number of para-hydroxylation sites is 1. The van der Waals surface area contributed by atoms with Gasteiger partial charge in [0.15, 0.2) is 0 Å². The standard InChI is InChI=1S/C18H22N4O3S/c19-16(23)14-8-7-11(25-14)10-20-18(24)22-9-3-5-13(22)17-21-12-4-1-2-6-15(12)26-17/h1-2,4,6,11,13-14H,3,5,7-10H2,(H2,19,23)(H,20,24). The van der Waals surface area contributed by atoms with Gasteiger partial charge in [0.2, 0.25) is 5.91 Å². The minimum atomic E-state index is -0.529. The number of ether oxygens (including phenoxy) is 1. The molecule has 138 valence electrons. The predicted molar refractivity (Wildman–Crippen MR) is 98.8 cm³/mol. The molecule has 2 aromatic rings. The number of benzene rings is 1. The van der Waals surface area contributed by atoms with E-state index in [1.54, 1.807) is 11.3 Å². The Hall–Kier alpha value is -2.19. The number of hydrogen-bond acceptors (Lipinski definition) is 5. The van der Waals surface area contributed by atoms with Gasteiger partial charge in [-0.25, -0.2) is 9.78 Å². The summed E-state index contributed by atoms with van der Waals surface area (Å²) in [7, 11) is 0. The molecule has 0 spiro atoms. The third kappa shape index (κ3) is 3.39. The number of thiazole rings is 1. The fourth-order valence-electron chi connectivity index (χ4n) is 3.67. The topological polar surface area (TPSA) is 97.5 Å². The summed E-state index contributed by atoms with van der Waals surface area (Å²) in [5.74, 6) is -0.436. The molecule has 1 aromatic carbocycles. The van der Waals surface area contributed by atoms with Crippen LogP contribution in [0.5, 0.6) is 0 Å². The van der Waals surface area contributed by atoms with E-state index in [1.807, 2.05) is 23.1 Å². The van der Waals surface area contributed by atoms with Crippen LogP contribution in [0.15, 0.2) is 24.3 Å². The van der Waals surface area contributed by atoms with Crippen molar-refractivity contribution in [3.63, 3.8) is 0 Å². The van der Waals surface area contributed by atoms with Gasteiger partial charge in [0.05, 0.1) is 22.4 Å². The van der Waals surface area contributed by atoms with E-state index in [1.165, 1.54) is 0 Å². The maximum atomic E-state index is 12.7. The van der Waals surface area contributed by atoms with Crippen LogP contribution in [0.25, 0.3) is 10.2 Å². The largest absolute Gasteiger partial charge is 0.367 e. The van der Waals surface area contributed by atoms with Crippen molar-refractivity contribution in [2.75, 3.05) is 13.1 Å². The first-order valence-corrected chi connectivity index (χ1v) is 9.78. The average molecular weight is 374 g/mol. The van der Waals surface area contributed by atoms with Crippen molar-refractivity contribution >= 4 is 33.5 Å². The molecular formula is C18H22N4O3S. The van der Waals surface area contributed by atoms with Crippen molar-refractivity contribution in [1.82, 2.24) is 15.2 Å². The molecule has 3 atom stereocenters.